The minimum atomic E-state index is 0.441. The van der Waals surface area contributed by atoms with Gasteiger partial charge in [0.25, 0.3) is 0 Å². The number of nitrogens with two attached hydrogens (primary N) is 1. The molecule has 1 aliphatic heterocycles. The Balaban J connectivity index is 1.73. The Hall–Kier alpha value is -1.29. The second-order valence-electron chi connectivity index (χ2n) is 3.82. The van der Waals surface area contributed by atoms with E-state index in [9.17, 15) is 0 Å². The lowest BCUT2D eigenvalue weighted by atomic mass is 10.2. The summed E-state index contributed by atoms with van der Waals surface area (Å²) in [7, 11) is 0. The van der Waals surface area contributed by atoms with Crippen molar-refractivity contribution in [3.63, 3.8) is 0 Å². The van der Waals surface area contributed by atoms with E-state index in [2.05, 4.69) is 10.3 Å². The third-order valence-electron chi connectivity index (χ3n) is 2.60. The standard InChI is InChI=1S/C11H17N3O/c12-11-8-9(3-5-14-11)13-6-4-10-2-1-7-15-10/h3,5,8,10H,1-2,4,6-7H2,(H3,12,13,14). The van der Waals surface area contributed by atoms with E-state index in [1.165, 1.54) is 12.8 Å². The molecule has 1 fully saturated rings. The number of ether oxygens (including phenoxy) is 1. The number of hydrogen-bond acceptors (Lipinski definition) is 4. The van der Waals surface area contributed by atoms with Crippen molar-refractivity contribution in [1.82, 2.24) is 4.98 Å². The first-order valence-electron chi connectivity index (χ1n) is 5.41. The van der Waals surface area contributed by atoms with Gasteiger partial charge in [0.05, 0.1) is 6.10 Å². The maximum absolute atomic E-state index is 5.58. The number of rotatable bonds is 4. The molecule has 0 amide bonds. The van der Waals surface area contributed by atoms with Gasteiger partial charge in [-0.15, -0.1) is 0 Å². The first-order chi connectivity index (χ1) is 7.34. The van der Waals surface area contributed by atoms with Crippen molar-refractivity contribution < 1.29 is 4.74 Å². The summed E-state index contributed by atoms with van der Waals surface area (Å²) in [5.41, 5.74) is 6.60. The molecule has 0 saturated carbocycles. The van der Waals surface area contributed by atoms with E-state index in [0.29, 0.717) is 11.9 Å². The van der Waals surface area contributed by atoms with Crippen LogP contribution >= 0.6 is 0 Å². The molecule has 1 atom stereocenters. The molecule has 1 aromatic rings. The lowest BCUT2D eigenvalue weighted by molar-refractivity contribution is 0.107. The third kappa shape index (κ3) is 3.09. The van der Waals surface area contributed by atoms with E-state index in [1.54, 1.807) is 6.20 Å². The molecule has 1 saturated heterocycles. The van der Waals surface area contributed by atoms with E-state index in [0.717, 1.165) is 25.3 Å². The minimum Gasteiger partial charge on any atom is -0.385 e. The van der Waals surface area contributed by atoms with Crippen molar-refractivity contribution in [1.29, 1.82) is 0 Å². The van der Waals surface area contributed by atoms with Crippen LogP contribution in [0.2, 0.25) is 0 Å². The SMILES string of the molecule is Nc1cc(NCCC2CCCO2)ccn1. The molecule has 2 heterocycles. The smallest absolute Gasteiger partial charge is 0.125 e. The van der Waals surface area contributed by atoms with Crippen LogP contribution in [0.5, 0.6) is 0 Å². The van der Waals surface area contributed by atoms with Crippen molar-refractivity contribution >= 4 is 11.5 Å². The van der Waals surface area contributed by atoms with E-state index in [1.807, 2.05) is 12.1 Å². The topological polar surface area (TPSA) is 60.2 Å². The molecule has 3 N–H and O–H groups in total. The molecule has 4 nitrogen and oxygen atoms in total. The second kappa shape index (κ2) is 4.98. The summed E-state index contributed by atoms with van der Waals surface area (Å²) in [4.78, 5) is 3.94. The average Bonchev–Trinajstić information content (AvgIpc) is 2.71. The maximum Gasteiger partial charge on any atom is 0.125 e. The van der Waals surface area contributed by atoms with Crippen LogP contribution in [-0.4, -0.2) is 24.2 Å². The Morgan fingerprint density at radius 1 is 1.60 bits per heavy atom. The highest BCUT2D eigenvalue weighted by Crippen LogP contribution is 2.16. The molecule has 1 aromatic heterocycles. The van der Waals surface area contributed by atoms with Crippen molar-refractivity contribution in [3.8, 4) is 0 Å². The third-order valence-corrected chi connectivity index (χ3v) is 2.60. The van der Waals surface area contributed by atoms with Crippen LogP contribution in [0.4, 0.5) is 11.5 Å². The van der Waals surface area contributed by atoms with E-state index in [-0.39, 0.29) is 0 Å². The number of hydrogen-bond donors (Lipinski definition) is 2. The quantitative estimate of drug-likeness (QED) is 0.788. The van der Waals surface area contributed by atoms with Gasteiger partial charge in [0.2, 0.25) is 0 Å². The van der Waals surface area contributed by atoms with Crippen LogP contribution in [0, 0.1) is 0 Å². The molecule has 0 spiro atoms. The molecule has 1 aliphatic rings. The van der Waals surface area contributed by atoms with E-state index >= 15 is 0 Å². The van der Waals surface area contributed by atoms with Crippen molar-refractivity contribution in [2.45, 2.75) is 25.4 Å². The van der Waals surface area contributed by atoms with Gasteiger partial charge < -0.3 is 15.8 Å². The Bertz CT molecular complexity index is 310. The van der Waals surface area contributed by atoms with Gasteiger partial charge in [-0.2, -0.15) is 0 Å². The molecule has 2 rings (SSSR count). The summed E-state index contributed by atoms with van der Waals surface area (Å²) in [5, 5.41) is 3.31. The van der Waals surface area contributed by atoms with E-state index < -0.39 is 0 Å². The van der Waals surface area contributed by atoms with Gasteiger partial charge in [0.15, 0.2) is 0 Å². The largest absolute Gasteiger partial charge is 0.385 e. The molecule has 0 aliphatic carbocycles. The van der Waals surface area contributed by atoms with Gasteiger partial charge in [-0.1, -0.05) is 0 Å². The molecule has 0 bridgehead atoms. The van der Waals surface area contributed by atoms with Crippen LogP contribution in [0.25, 0.3) is 0 Å². The van der Waals surface area contributed by atoms with Gasteiger partial charge in [-0.05, 0) is 25.3 Å². The lowest BCUT2D eigenvalue weighted by Gasteiger charge is -2.10. The summed E-state index contributed by atoms with van der Waals surface area (Å²) in [6, 6.07) is 3.77. The Labute approximate surface area is 89.8 Å². The normalized spacial score (nSPS) is 20.4. The molecule has 1 unspecified atom stereocenters. The van der Waals surface area contributed by atoms with Crippen LogP contribution < -0.4 is 11.1 Å². The van der Waals surface area contributed by atoms with Crippen molar-refractivity contribution in [2.24, 2.45) is 0 Å². The Morgan fingerprint density at radius 3 is 3.27 bits per heavy atom. The van der Waals surface area contributed by atoms with Crippen LogP contribution in [0.15, 0.2) is 18.3 Å². The molecule has 0 aromatic carbocycles. The fourth-order valence-electron chi connectivity index (χ4n) is 1.81. The predicted molar refractivity (Wildman–Crippen MR) is 60.7 cm³/mol. The number of nitrogens with one attached hydrogen (secondary N) is 1. The summed E-state index contributed by atoms with van der Waals surface area (Å²) in [6.07, 6.45) is 5.61. The van der Waals surface area contributed by atoms with Crippen molar-refractivity contribution in [3.05, 3.63) is 18.3 Å². The van der Waals surface area contributed by atoms with Gasteiger partial charge in [0, 0.05) is 31.1 Å². The molecule has 82 valence electrons. The number of nitrogens with zero attached hydrogens (tertiary/aromatic N) is 1. The van der Waals surface area contributed by atoms with Gasteiger partial charge >= 0.3 is 0 Å². The zero-order chi connectivity index (χ0) is 10.5. The molecular formula is C11H17N3O. The van der Waals surface area contributed by atoms with Crippen LogP contribution in [0.3, 0.4) is 0 Å². The predicted octanol–water partition coefficient (Wildman–Crippen LogP) is 1.64. The molecule has 4 heteroatoms. The summed E-state index contributed by atoms with van der Waals surface area (Å²) >= 11 is 0. The highest BCUT2D eigenvalue weighted by Gasteiger charge is 2.14. The summed E-state index contributed by atoms with van der Waals surface area (Å²) in [6.45, 7) is 1.85. The highest BCUT2D eigenvalue weighted by molar-refractivity contribution is 5.49. The fourth-order valence-corrected chi connectivity index (χ4v) is 1.81. The summed E-state index contributed by atoms with van der Waals surface area (Å²) < 4.78 is 5.54. The number of nitrogen functional groups attached to an aromatic ring is 1. The second-order valence-corrected chi connectivity index (χ2v) is 3.82. The first-order valence-corrected chi connectivity index (χ1v) is 5.41. The zero-order valence-electron chi connectivity index (χ0n) is 8.78. The van der Waals surface area contributed by atoms with Crippen molar-refractivity contribution in [2.75, 3.05) is 24.2 Å². The summed E-state index contributed by atoms with van der Waals surface area (Å²) in [5.74, 6) is 0.553. The van der Waals surface area contributed by atoms with Gasteiger partial charge in [-0.25, -0.2) is 4.98 Å². The van der Waals surface area contributed by atoms with Gasteiger partial charge in [0.1, 0.15) is 5.82 Å². The van der Waals surface area contributed by atoms with Crippen LogP contribution in [0.1, 0.15) is 19.3 Å². The highest BCUT2D eigenvalue weighted by atomic mass is 16.5. The monoisotopic (exact) mass is 207 g/mol. The van der Waals surface area contributed by atoms with Gasteiger partial charge in [-0.3, -0.25) is 0 Å². The van der Waals surface area contributed by atoms with E-state index in [4.69, 9.17) is 10.5 Å². The zero-order valence-corrected chi connectivity index (χ0v) is 8.78. The molecule has 0 radical (unpaired) electrons. The minimum absolute atomic E-state index is 0.441. The van der Waals surface area contributed by atoms with Crippen LogP contribution in [-0.2, 0) is 4.74 Å². The number of anilines is 2. The first kappa shape index (κ1) is 10.2. The maximum atomic E-state index is 5.58. The number of aromatic nitrogens is 1. The molecule has 15 heavy (non-hydrogen) atoms. The number of pyridine rings is 1. The molecular weight excluding hydrogens is 190 g/mol. The Kier molecular flexibility index (Phi) is 3.40. The average molecular weight is 207 g/mol. The fraction of sp³-hybridized carbons (Fsp3) is 0.545. The Morgan fingerprint density at radius 2 is 2.53 bits per heavy atom. The lowest BCUT2D eigenvalue weighted by Crippen LogP contribution is -2.12.